The summed E-state index contributed by atoms with van der Waals surface area (Å²) in [7, 11) is 0. The van der Waals surface area contributed by atoms with Crippen molar-refractivity contribution >= 4 is 11.0 Å². The third kappa shape index (κ3) is 4.23. The number of hydrogen-bond acceptors (Lipinski definition) is 4. The summed E-state index contributed by atoms with van der Waals surface area (Å²) >= 11 is 0. The first-order valence-corrected chi connectivity index (χ1v) is 13.1. The van der Waals surface area contributed by atoms with Gasteiger partial charge in [0.15, 0.2) is 0 Å². The predicted octanol–water partition coefficient (Wildman–Crippen LogP) is 6.31. The van der Waals surface area contributed by atoms with Gasteiger partial charge >= 0.3 is 0 Å². The van der Waals surface area contributed by atoms with Crippen molar-refractivity contribution in [3.05, 3.63) is 98.7 Å². The summed E-state index contributed by atoms with van der Waals surface area (Å²) in [5.74, 6) is 0.701. The fourth-order valence-corrected chi connectivity index (χ4v) is 6.00. The van der Waals surface area contributed by atoms with E-state index in [0.717, 1.165) is 77.7 Å². The van der Waals surface area contributed by atoms with Crippen molar-refractivity contribution < 1.29 is 4.39 Å². The summed E-state index contributed by atoms with van der Waals surface area (Å²) in [5.41, 5.74) is 6.17. The molecule has 36 heavy (non-hydrogen) atoms. The topological polar surface area (TPSA) is 60.7 Å². The van der Waals surface area contributed by atoms with Crippen LogP contribution in [0.2, 0.25) is 0 Å². The van der Waals surface area contributed by atoms with Crippen LogP contribution in [0.15, 0.2) is 53.6 Å². The van der Waals surface area contributed by atoms with Gasteiger partial charge in [0.25, 0.3) is 5.56 Å². The smallest absolute Gasteiger partial charge is 0.256 e. The molecule has 184 valence electrons. The highest BCUT2D eigenvalue weighted by Gasteiger charge is 2.30. The van der Waals surface area contributed by atoms with Gasteiger partial charge in [-0.25, -0.2) is 9.37 Å². The van der Waals surface area contributed by atoms with Gasteiger partial charge in [-0.15, -0.1) is 0 Å². The Morgan fingerprint density at radius 1 is 0.917 bits per heavy atom. The minimum Gasteiger partial charge on any atom is -0.286 e. The van der Waals surface area contributed by atoms with Crippen molar-refractivity contribution in [2.24, 2.45) is 0 Å². The second-order valence-corrected chi connectivity index (χ2v) is 10.5. The van der Waals surface area contributed by atoms with E-state index >= 15 is 0 Å². The molecule has 0 spiro atoms. The number of halogens is 1. The van der Waals surface area contributed by atoms with Gasteiger partial charge in [-0.05, 0) is 99.6 Å². The Hall–Kier alpha value is -3.41. The van der Waals surface area contributed by atoms with Crippen molar-refractivity contribution in [2.75, 3.05) is 0 Å². The summed E-state index contributed by atoms with van der Waals surface area (Å²) in [5, 5.41) is 0.971. The maximum absolute atomic E-state index is 14.6. The van der Waals surface area contributed by atoms with Crippen molar-refractivity contribution in [3.63, 3.8) is 0 Å². The van der Waals surface area contributed by atoms with E-state index in [4.69, 9.17) is 4.98 Å². The molecule has 0 aliphatic heterocycles. The molecule has 0 amide bonds. The van der Waals surface area contributed by atoms with Crippen molar-refractivity contribution in [3.8, 4) is 0 Å². The molecule has 3 aromatic heterocycles. The molecule has 0 unspecified atom stereocenters. The Morgan fingerprint density at radius 2 is 1.64 bits per heavy atom. The lowest BCUT2D eigenvalue weighted by molar-refractivity contribution is 0.384. The summed E-state index contributed by atoms with van der Waals surface area (Å²) in [6.07, 6.45) is 9.22. The SMILES string of the molecule is Cc1ccc2cc(C3CCC(c4c(C)cccc4F)CC3)c(=O)n(Cc3nccnc3C3CC3)c2n1. The van der Waals surface area contributed by atoms with E-state index in [0.29, 0.717) is 18.1 Å². The third-order valence-corrected chi connectivity index (χ3v) is 8.03. The van der Waals surface area contributed by atoms with Crippen LogP contribution in [0.4, 0.5) is 4.39 Å². The number of benzene rings is 1. The molecule has 6 rings (SSSR count). The zero-order valence-electron chi connectivity index (χ0n) is 20.9. The fourth-order valence-electron chi connectivity index (χ4n) is 6.00. The number of pyridine rings is 2. The molecule has 0 bridgehead atoms. The molecule has 4 aromatic rings. The van der Waals surface area contributed by atoms with E-state index in [9.17, 15) is 9.18 Å². The first-order valence-electron chi connectivity index (χ1n) is 13.1. The number of fused-ring (bicyclic) bond motifs is 1. The lowest BCUT2D eigenvalue weighted by Gasteiger charge is -2.30. The molecule has 6 heteroatoms. The fraction of sp³-hybridized carbons (Fsp3) is 0.400. The van der Waals surface area contributed by atoms with Crippen LogP contribution in [-0.2, 0) is 6.54 Å². The largest absolute Gasteiger partial charge is 0.286 e. The van der Waals surface area contributed by atoms with Crippen molar-refractivity contribution in [1.29, 1.82) is 0 Å². The lowest BCUT2D eigenvalue weighted by atomic mass is 9.75. The van der Waals surface area contributed by atoms with Crippen LogP contribution >= 0.6 is 0 Å². The zero-order chi connectivity index (χ0) is 24.8. The third-order valence-electron chi connectivity index (χ3n) is 8.03. The normalized spacial score (nSPS) is 20.1. The Morgan fingerprint density at radius 3 is 2.39 bits per heavy atom. The van der Waals surface area contributed by atoms with E-state index < -0.39 is 0 Å². The van der Waals surface area contributed by atoms with Gasteiger partial charge in [-0.2, -0.15) is 0 Å². The maximum atomic E-state index is 14.6. The molecular formula is C30H31FN4O. The van der Waals surface area contributed by atoms with Gasteiger partial charge < -0.3 is 0 Å². The van der Waals surface area contributed by atoms with Crippen LogP contribution in [0.3, 0.4) is 0 Å². The molecule has 5 nitrogen and oxygen atoms in total. The van der Waals surface area contributed by atoms with Crippen LogP contribution in [0, 0.1) is 19.7 Å². The summed E-state index contributed by atoms with van der Waals surface area (Å²) in [4.78, 5) is 27.9. The summed E-state index contributed by atoms with van der Waals surface area (Å²) in [6, 6.07) is 11.4. The van der Waals surface area contributed by atoms with Crippen LogP contribution in [0.25, 0.3) is 11.0 Å². The number of aromatic nitrogens is 4. The summed E-state index contributed by atoms with van der Waals surface area (Å²) in [6.45, 7) is 4.32. The van der Waals surface area contributed by atoms with Gasteiger partial charge in [0.2, 0.25) is 0 Å². The van der Waals surface area contributed by atoms with E-state index in [1.807, 2.05) is 32.0 Å². The second-order valence-electron chi connectivity index (χ2n) is 10.5. The van der Waals surface area contributed by atoms with Crippen molar-refractivity contribution in [1.82, 2.24) is 19.5 Å². The van der Waals surface area contributed by atoms with Gasteiger partial charge in [-0.1, -0.05) is 12.1 Å². The minimum absolute atomic E-state index is 0.0125. The Balaban J connectivity index is 1.36. The van der Waals surface area contributed by atoms with Crippen LogP contribution < -0.4 is 5.56 Å². The van der Waals surface area contributed by atoms with Gasteiger partial charge in [-0.3, -0.25) is 19.3 Å². The van der Waals surface area contributed by atoms with E-state index in [2.05, 4.69) is 16.0 Å². The Kier molecular flexibility index (Phi) is 5.90. The van der Waals surface area contributed by atoms with Crippen LogP contribution in [0.1, 0.15) is 90.1 Å². The second kappa shape index (κ2) is 9.23. The first kappa shape index (κ1) is 23.0. The zero-order valence-corrected chi connectivity index (χ0v) is 20.9. The minimum atomic E-state index is -0.108. The maximum Gasteiger partial charge on any atom is 0.256 e. The van der Waals surface area contributed by atoms with Gasteiger partial charge in [0.1, 0.15) is 11.5 Å². The molecular weight excluding hydrogens is 451 g/mol. The highest BCUT2D eigenvalue weighted by molar-refractivity contribution is 5.76. The molecule has 0 N–H and O–H groups in total. The number of aryl methyl sites for hydroxylation is 2. The predicted molar refractivity (Wildman–Crippen MR) is 139 cm³/mol. The van der Waals surface area contributed by atoms with E-state index in [1.165, 1.54) is 0 Å². The molecule has 2 aliphatic rings. The standard InChI is InChI=1S/C30H31FN4O/c1-18-4-3-5-25(31)27(18)21-10-8-20(9-11-21)24-16-23-7-6-19(2)34-29(23)35(30(24)36)17-26-28(22-12-13-22)33-15-14-32-26/h3-7,14-16,20-22H,8-13,17H2,1-2H3. The highest BCUT2D eigenvalue weighted by atomic mass is 19.1. The molecule has 3 heterocycles. The van der Waals surface area contributed by atoms with Crippen molar-refractivity contribution in [2.45, 2.75) is 76.7 Å². The number of rotatable bonds is 5. The average molecular weight is 483 g/mol. The first-order chi connectivity index (χ1) is 17.5. The molecule has 0 atom stereocenters. The molecule has 2 fully saturated rings. The molecule has 2 aliphatic carbocycles. The molecule has 2 saturated carbocycles. The Labute approximate surface area is 210 Å². The molecule has 0 radical (unpaired) electrons. The summed E-state index contributed by atoms with van der Waals surface area (Å²) < 4.78 is 16.4. The molecule has 0 saturated heterocycles. The van der Waals surface area contributed by atoms with E-state index in [1.54, 1.807) is 29.1 Å². The highest BCUT2D eigenvalue weighted by Crippen LogP contribution is 2.42. The van der Waals surface area contributed by atoms with Crippen LogP contribution in [-0.4, -0.2) is 19.5 Å². The number of hydrogen-bond donors (Lipinski definition) is 0. The van der Waals surface area contributed by atoms with Gasteiger partial charge in [0, 0.05) is 35.0 Å². The van der Waals surface area contributed by atoms with Crippen LogP contribution in [0.5, 0.6) is 0 Å². The number of nitrogens with zero attached hydrogens (tertiary/aromatic N) is 4. The monoisotopic (exact) mass is 482 g/mol. The van der Waals surface area contributed by atoms with Gasteiger partial charge in [0.05, 0.1) is 17.9 Å². The Bertz CT molecular complexity index is 1480. The molecule has 1 aromatic carbocycles. The lowest BCUT2D eigenvalue weighted by Crippen LogP contribution is -2.29. The van der Waals surface area contributed by atoms with E-state index in [-0.39, 0.29) is 23.2 Å². The quantitative estimate of drug-likeness (QED) is 0.334. The average Bonchev–Trinajstić information content (AvgIpc) is 3.72.